The zero-order valence-electron chi connectivity index (χ0n) is 12.4. The molecule has 0 aromatic heterocycles. The van der Waals surface area contributed by atoms with Crippen molar-refractivity contribution in [3.63, 3.8) is 0 Å². The molecule has 0 bridgehead atoms. The first kappa shape index (κ1) is 19.1. The fraction of sp³-hybridized carbons (Fsp3) is 0.400. The van der Waals surface area contributed by atoms with Gasteiger partial charge in [0, 0.05) is 46.9 Å². The molecule has 1 radical (unpaired) electrons. The summed E-state index contributed by atoms with van der Waals surface area (Å²) in [5.41, 5.74) is 2.90. The van der Waals surface area contributed by atoms with Gasteiger partial charge in [-0.15, -0.1) is 22.9 Å². The smallest absolute Gasteiger partial charge is 0.235 e. The van der Waals surface area contributed by atoms with Crippen LogP contribution in [0.3, 0.4) is 0 Å². The van der Waals surface area contributed by atoms with Crippen LogP contribution in [0.4, 0.5) is 0 Å². The molecule has 0 saturated heterocycles. The van der Waals surface area contributed by atoms with Crippen molar-refractivity contribution < 1.29 is 47.0 Å². The summed E-state index contributed by atoms with van der Waals surface area (Å²) in [7, 11) is 3.38. The van der Waals surface area contributed by atoms with Crippen LogP contribution in [-0.4, -0.2) is 35.7 Å². The van der Waals surface area contributed by atoms with Crippen LogP contribution in [0.25, 0.3) is 5.70 Å². The number of ether oxygens (including phenoxy) is 2. The van der Waals surface area contributed by atoms with Crippen LogP contribution in [0.1, 0.15) is 17.5 Å². The zero-order chi connectivity index (χ0) is 14.7. The largest absolute Gasteiger partial charge is 0.468 e. The molecule has 1 heterocycles. The number of rotatable bonds is 4. The van der Waals surface area contributed by atoms with Crippen LogP contribution in [0.2, 0.25) is 0 Å². The molecule has 2 rings (SSSR count). The van der Waals surface area contributed by atoms with Gasteiger partial charge in [-0.25, -0.2) is 6.08 Å². The minimum atomic E-state index is -0.0223. The molecule has 1 amide bonds. The van der Waals surface area contributed by atoms with Gasteiger partial charge in [-0.2, -0.15) is 0 Å². The molecule has 111 valence electrons. The number of allylic oxidation sites excluding steroid dienone is 1. The second-order valence-corrected chi connectivity index (χ2v) is 6.13. The number of carbonyl (C=O) groups excluding carboxylic acids is 1. The van der Waals surface area contributed by atoms with E-state index in [0.29, 0.717) is 6.42 Å². The Morgan fingerprint density at radius 2 is 2.19 bits per heavy atom. The van der Waals surface area contributed by atoms with Crippen LogP contribution in [-0.2, 0) is 42.2 Å². The second-order valence-electron chi connectivity index (χ2n) is 4.62. The maximum Gasteiger partial charge on any atom is 0.235 e. The molecular weight excluding hydrogens is 458 g/mol. The van der Waals surface area contributed by atoms with Crippen LogP contribution >= 0.6 is 22.6 Å². The number of hydrogen-bond acceptors (Lipinski definition) is 3. The van der Waals surface area contributed by atoms with Crippen LogP contribution in [0, 0.1) is 13.0 Å². The SMILES string of the molecule is COCOc1ccc(C2=[C-]CC(I)C(=O)N2C)c(C)c1.[Y]. The van der Waals surface area contributed by atoms with Crippen molar-refractivity contribution in [2.45, 2.75) is 17.3 Å². The molecule has 1 unspecified atom stereocenters. The molecule has 0 spiro atoms. The molecule has 6 heteroatoms. The van der Waals surface area contributed by atoms with Crippen molar-refractivity contribution in [2.75, 3.05) is 21.0 Å². The fourth-order valence-corrected chi connectivity index (χ4v) is 2.74. The predicted octanol–water partition coefficient (Wildman–Crippen LogP) is 2.79. The Balaban J connectivity index is 0.00000220. The van der Waals surface area contributed by atoms with E-state index in [2.05, 4.69) is 28.7 Å². The predicted molar refractivity (Wildman–Crippen MR) is 85.5 cm³/mol. The molecule has 1 atom stereocenters. The summed E-state index contributed by atoms with van der Waals surface area (Å²) in [6.45, 7) is 2.22. The van der Waals surface area contributed by atoms with Crippen LogP contribution < -0.4 is 4.74 Å². The van der Waals surface area contributed by atoms with Gasteiger partial charge >= 0.3 is 0 Å². The van der Waals surface area contributed by atoms with Gasteiger partial charge in [0.05, 0.1) is 3.92 Å². The standard InChI is InChI=1S/C15H17INO3.Y/c1-10-8-11(20-9-19-3)4-5-12(10)14-7-6-13(16)15(18)17(14)2;/h4-5,8,13H,6,9H2,1-3H3;/q-1;. The number of carbonyl (C=O) groups is 1. The molecular formula is C15H17INO3Y-. The summed E-state index contributed by atoms with van der Waals surface area (Å²) in [5.74, 6) is 0.878. The van der Waals surface area contributed by atoms with Crippen molar-refractivity contribution in [3.05, 3.63) is 35.4 Å². The van der Waals surface area contributed by atoms with E-state index >= 15 is 0 Å². The monoisotopic (exact) mass is 475 g/mol. The van der Waals surface area contributed by atoms with Crippen LogP contribution in [0.15, 0.2) is 18.2 Å². The summed E-state index contributed by atoms with van der Waals surface area (Å²) in [6.07, 6.45) is 3.97. The van der Waals surface area contributed by atoms with Crippen molar-refractivity contribution in [3.8, 4) is 5.75 Å². The number of nitrogens with zero attached hydrogens (tertiary/aromatic N) is 1. The fourth-order valence-electron chi connectivity index (χ4n) is 2.11. The maximum atomic E-state index is 12.0. The minimum Gasteiger partial charge on any atom is -0.468 e. The van der Waals surface area contributed by atoms with Crippen molar-refractivity contribution >= 4 is 34.2 Å². The van der Waals surface area contributed by atoms with Crippen molar-refractivity contribution in [1.82, 2.24) is 4.90 Å². The zero-order valence-corrected chi connectivity index (χ0v) is 17.3. The third-order valence-electron chi connectivity index (χ3n) is 3.18. The third kappa shape index (κ3) is 4.50. The molecule has 0 N–H and O–H groups in total. The quantitative estimate of drug-likeness (QED) is 0.291. The molecule has 0 saturated carbocycles. The van der Waals surface area contributed by atoms with E-state index in [1.54, 1.807) is 19.1 Å². The average molecular weight is 475 g/mol. The third-order valence-corrected chi connectivity index (χ3v) is 4.15. The number of aryl methyl sites for hydroxylation is 1. The molecule has 1 aliphatic rings. The van der Waals surface area contributed by atoms with Crippen molar-refractivity contribution in [2.24, 2.45) is 0 Å². The van der Waals surface area contributed by atoms with Gasteiger partial charge in [-0.1, -0.05) is 35.9 Å². The van der Waals surface area contributed by atoms with Gasteiger partial charge in [0.25, 0.3) is 0 Å². The van der Waals surface area contributed by atoms with Gasteiger partial charge in [0.2, 0.25) is 5.91 Å². The molecule has 0 fully saturated rings. The van der Waals surface area contributed by atoms with Crippen LogP contribution in [0.5, 0.6) is 5.75 Å². The molecule has 4 nitrogen and oxygen atoms in total. The molecule has 0 aliphatic carbocycles. The van der Waals surface area contributed by atoms with E-state index in [0.717, 1.165) is 22.6 Å². The molecule has 1 aromatic carbocycles. The minimum absolute atomic E-state index is 0. The maximum absolute atomic E-state index is 12.0. The first-order valence-electron chi connectivity index (χ1n) is 6.30. The Morgan fingerprint density at radius 3 is 2.81 bits per heavy atom. The van der Waals surface area contributed by atoms with Crippen molar-refractivity contribution in [1.29, 1.82) is 0 Å². The average Bonchev–Trinajstić information content (AvgIpc) is 2.44. The Labute approximate surface area is 164 Å². The van der Waals surface area contributed by atoms with Gasteiger partial charge in [-0.05, 0) is 12.1 Å². The van der Waals surface area contributed by atoms with E-state index in [9.17, 15) is 4.79 Å². The first-order chi connectivity index (χ1) is 9.54. The Morgan fingerprint density at radius 1 is 1.48 bits per heavy atom. The van der Waals surface area contributed by atoms with Gasteiger partial charge in [0.1, 0.15) is 5.75 Å². The van der Waals surface area contributed by atoms with E-state index in [4.69, 9.17) is 9.47 Å². The summed E-state index contributed by atoms with van der Waals surface area (Å²) < 4.78 is 10.3. The Bertz CT molecular complexity index is 548. The number of benzene rings is 1. The normalized spacial score (nSPS) is 18.1. The molecule has 1 aliphatic heterocycles. The van der Waals surface area contributed by atoms with Gasteiger partial charge in [0.15, 0.2) is 6.79 Å². The van der Waals surface area contributed by atoms with E-state index in [-0.39, 0.29) is 49.3 Å². The number of alkyl halides is 1. The summed E-state index contributed by atoms with van der Waals surface area (Å²) in [6, 6.07) is 5.78. The number of halogens is 1. The van der Waals surface area contributed by atoms with Gasteiger partial charge in [-0.3, -0.25) is 4.79 Å². The van der Waals surface area contributed by atoms with E-state index in [1.807, 2.05) is 25.1 Å². The summed E-state index contributed by atoms with van der Waals surface area (Å²) in [4.78, 5) is 13.7. The number of hydrogen-bond donors (Lipinski definition) is 0. The molecule has 1 aromatic rings. The second kappa shape index (κ2) is 8.60. The topological polar surface area (TPSA) is 38.8 Å². The van der Waals surface area contributed by atoms with E-state index < -0.39 is 0 Å². The number of methoxy groups -OCH3 is 1. The Hall–Kier alpha value is 0.0239. The Kier molecular flexibility index (Phi) is 7.81. The summed E-state index contributed by atoms with van der Waals surface area (Å²) in [5, 5.41) is 0. The van der Waals surface area contributed by atoms with Gasteiger partial charge < -0.3 is 14.4 Å². The summed E-state index contributed by atoms with van der Waals surface area (Å²) >= 11 is 2.16. The number of amides is 1. The van der Waals surface area contributed by atoms with E-state index in [1.165, 1.54) is 0 Å². The first-order valence-corrected chi connectivity index (χ1v) is 7.54. The molecule has 21 heavy (non-hydrogen) atoms.